The van der Waals surface area contributed by atoms with Crippen molar-refractivity contribution in [3.63, 3.8) is 0 Å². The third kappa shape index (κ3) is 2.67. The summed E-state index contributed by atoms with van der Waals surface area (Å²) in [6.07, 6.45) is 7.89. The van der Waals surface area contributed by atoms with Gasteiger partial charge in [-0.2, -0.15) is 0 Å². The number of benzene rings is 1. The number of aryl methyl sites for hydroxylation is 2. The molecule has 0 aromatic heterocycles. The number of hydrogen-bond donors (Lipinski definition) is 1. The maximum atomic E-state index is 9.65. The lowest BCUT2D eigenvalue weighted by Gasteiger charge is -2.31. The van der Waals surface area contributed by atoms with Crippen molar-refractivity contribution in [2.45, 2.75) is 13.8 Å². The molecule has 1 unspecified atom stereocenters. The number of rotatable bonds is 2. The van der Waals surface area contributed by atoms with Gasteiger partial charge in [-0.3, -0.25) is 0 Å². The van der Waals surface area contributed by atoms with Gasteiger partial charge in [-0.05, 0) is 37.1 Å². The fourth-order valence-electron chi connectivity index (χ4n) is 2.60. The van der Waals surface area contributed by atoms with Gasteiger partial charge in [0.05, 0.1) is 18.2 Å². The number of amidine groups is 2. The van der Waals surface area contributed by atoms with Crippen LogP contribution in [0.25, 0.3) is 0 Å². The molecule has 2 aliphatic rings. The van der Waals surface area contributed by atoms with Crippen molar-refractivity contribution in [3.05, 3.63) is 53.8 Å². The van der Waals surface area contributed by atoms with Gasteiger partial charge in [-0.25, -0.2) is 9.98 Å². The van der Waals surface area contributed by atoms with Crippen molar-refractivity contribution in [1.29, 1.82) is 0 Å². The molecule has 2 aliphatic heterocycles. The molecule has 0 fully saturated rings. The molecule has 4 nitrogen and oxygen atoms in total. The molecule has 1 N–H and O–H groups in total. The highest BCUT2D eigenvalue weighted by molar-refractivity contribution is 6.07. The Bertz CT molecular complexity index is 650. The van der Waals surface area contributed by atoms with Crippen LogP contribution in [0.2, 0.25) is 0 Å². The SMILES string of the molecule is Cc1cccc(C)c1N=C1N=C2C=CC=CN2CC1CO. The Morgan fingerprint density at radius 1 is 1.29 bits per heavy atom. The Kier molecular flexibility index (Phi) is 3.71. The van der Waals surface area contributed by atoms with E-state index in [1.54, 1.807) is 0 Å². The van der Waals surface area contributed by atoms with Crippen LogP contribution in [0.4, 0.5) is 5.69 Å². The smallest absolute Gasteiger partial charge is 0.138 e. The molecule has 1 atom stereocenters. The van der Waals surface area contributed by atoms with Crippen molar-refractivity contribution in [2.75, 3.05) is 13.2 Å². The van der Waals surface area contributed by atoms with Crippen LogP contribution in [0.5, 0.6) is 0 Å². The van der Waals surface area contributed by atoms with Gasteiger partial charge in [-0.1, -0.05) is 24.3 Å². The number of para-hydroxylation sites is 1. The highest BCUT2D eigenvalue weighted by Gasteiger charge is 2.26. The maximum Gasteiger partial charge on any atom is 0.138 e. The molecule has 0 saturated heterocycles. The van der Waals surface area contributed by atoms with Crippen LogP contribution in [0.15, 0.2) is 52.6 Å². The van der Waals surface area contributed by atoms with E-state index >= 15 is 0 Å². The lowest BCUT2D eigenvalue weighted by Crippen LogP contribution is -2.40. The van der Waals surface area contributed by atoms with Gasteiger partial charge in [0, 0.05) is 12.7 Å². The van der Waals surface area contributed by atoms with E-state index in [2.05, 4.69) is 4.99 Å². The van der Waals surface area contributed by atoms with Gasteiger partial charge in [-0.15, -0.1) is 0 Å². The van der Waals surface area contributed by atoms with Gasteiger partial charge in [0.2, 0.25) is 0 Å². The Labute approximate surface area is 124 Å². The maximum absolute atomic E-state index is 9.65. The monoisotopic (exact) mass is 281 g/mol. The van der Waals surface area contributed by atoms with Gasteiger partial charge in [0.25, 0.3) is 0 Å². The lowest BCUT2D eigenvalue weighted by molar-refractivity contribution is 0.244. The van der Waals surface area contributed by atoms with Gasteiger partial charge >= 0.3 is 0 Å². The molecule has 4 heteroatoms. The number of aliphatic imine (C=N–C) groups is 2. The molecule has 1 aromatic rings. The number of allylic oxidation sites excluding steroid dienone is 2. The van der Waals surface area contributed by atoms with Crippen molar-refractivity contribution < 1.29 is 5.11 Å². The molecule has 0 bridgehead atoms. The van der Waals surface area contributed by atoms with Crippen molar-refractivity contribution >= 4 is 17.4 Å². The van der Waals surface area contributed by atoms with E-state index in [0.717, 1.165) is 22.6 Å². The number of aliphatic hydroxyl groups is 1. The van der Waals surface area contributed by atoms with E-state index < -0.39 is 0 Å². The third-order valence-corrected chi connectivity index (χ3v) is 3.81. The van der Waals surface area contributed by atoms with E-state index in [1.165, 1.54) is 0 Å². The minimum absolute atomic E-state index is 0.0502. The second-order valence-electron chi connectivity index (χ2n) is 5.41. The minimum atomic E-state index is -0.0658. The molecular formula is C17H19N3O. The van der Waals surface area contributed by atoms with Crippen molar-refractivity contribution in [1.82, 2.24) is 4.90 Å². The second-order valence-corrected chi connectivity index (χ2v) is 5.41. The zero-order valence-electron chi connectivity index (χ0n) is 12.3. The summed E-state index contributed by atoms with van der Waals surface area (Å²) < 4.78 is 0. The highest BCUT2D eigenvalue weighted by atomic mass is 16.3. The fraction of sp³-hybridized carbons (Fsp3) is 0.294. The number of hydrogen-bond acceptors (Lipinski definition) is 3. The van der Waals surface area contributed by atoms with Crippen LogP contribution in [-0.4, -0.2) is 34.8 Å². The molecule has 0 spiro atoms. The van der Waals surface area contributed by atoms with Gasteiger partial charge < -0.3 is 10.0 Å². The van der Waals surface area contributed by atoms with Crippen LogP contribution >= 0.6 is 0 Å². The fourth-order valence-corrected chi connectivity index (χ4v) is 2.60. The predicted octanol–water partition coefficient (Wildman–Crippen LogP) is 2.74. The van der Waals surface area contributed by atoms with E-state index in [0.29, 0.717) is 12.4 Å². The number of fused-ring (bicyclic) bond motifs is 1. The first-order valence-corrected chi connectivity index (χ1v) is 7.15. The van der Waals surface area contributed by atoms with Crippen LogP contribution in [0.3, 0.4) is 0 Å². The Morgan fingerprint density at radius 2 is 2.05 bits per heavy atom. The van der Waals surface area contributed by atoms with Crippen molar-refractivity contribution in [2.24, 2.45) is 15.9 Å². The number of aliphatic hydroxyl groups excluding tert-OH is 1. The standard InChI is InChI=1S/C17H19N3O/c1-12-6-5-7-13(2)16(12)19-17-14(11-21)10-20-9-4-3-8-15(20)18-17/h3-9,14,21H,10-11H2,1-2H3. The zero-order valence-corrected chi connectivity index (χ0v) is 12.3. The summed E-state index contributed by atoms with van der Waals surface area (Å²) >= 11 is 0. The zero-order chi connectivity index (χ0) is 14.8. The van der Waals surface area contributed by atoms with E-state index in [-0.39, 0.29) is 12.5 Å². The summed E-state index contributed by atoms with van der Waals surface area (Å²) in [5.41, 5.74) is 3.21. The average Bonchev–Trinajstić information content (AvgIpc) is 2.50. The molecule has 21 heavy (non-hydrogen) atoms. The molecule has 3 rings (SSSR count). The first kappa shape index (κ1) is 13.8. The number of nitrogens with zero attached hydrogens (tertiary/aromatic N) is 3. The summed E-state index contributed by atoms with van der Waals surface area (Å²) in [6, 6.07) is 6.12. The summed E-state index contributed by atoms with van der Waals surface area (Å²) in [7, 11) is 0. The molecule has 0 amide bonds. The predicted molar refractivity (Wildman–Crippen MR) is 86.0 cm³/mol. The first-order valence-electron chi connectivity index (χ1n) is 7.15. The quantitative estimate of drug-likeness (QED) is 0.906. The molecular weight excluding hydrogens is 262 g/mol. The van der Waals surface area contributed by atoms with Crippen molar-refractivity contribution in [3.8, 4) is 0 Å². The van der Waals surface area contributed by atoms with Crippen LogP contribution in [-0.2, 0) is 0 Å². The average molecular weight is 281 g/mol. The molecule has 0 aliphatic carbocycles. The van der Waals surface area contributed by atoms with Gasteiger partial charge in [0.1, 0.15) is 11.7 Å². The van der Waals surface area contributed by atoms with Gasteiger partial charge in [0.15, 0.2) is 0 Å². The van der Waals surface area contributed by atoms with Crippen LogP contribution < -0.4 is 0 Å². The molecule has 0 radical (unpaired) electrons. The van der Waals surface area contributed by atoms with E-state index in [4.69, 9.17) is 4.99 Å². The molecule has 1 aromatic carbocycles. The highest BCUT2D eigenvalue weighted by Crippen LogP contribution is 2.26. The minimum Gasteiger partial charge on any atom is -0.396 e. The van der Waals surface area contributed by atoms with E-state index in [1.807, 2.05) is 61.4 Å². The summed E-state index contributed by atoms with van der Waals surface area (Å²) in [5, 5.41) is 9.65. The lowest BCUT2D eigenvalue weighted by atomic mass is 10.0. The van der Waals surface area contributed by atoms with Crippen LogP contribution in [0, 0.1) is 19.8 Å². The summed E-state index contributed by atoms with van der Waals surface area (Å²) in [6.45, 7) is 4.85. The first-order chi connectivity index (χ1) is 10.2. The van der Waals surface area contributed by atoms with Crippen LogP contribution in [0.1, 0.15) is 11.1 Å². The molecule has 2 heterocycles. The molecule has 0 saturated carbocycles. The molecule has 108 valence electrons. The summed E-state index contributed by atoms with van der Waals surface area (Å²) in [4.78, 5) is 11.4. The van der Waals surface area contributed by atoms with E-state index in [9.17, 15) is 5.11 Å². The Balaban J connectivity index is 2.05. The summed E-state index contributed by atoms with van der Waals surface area (Å²) in [5.74, 6) is 1.53. The topological polar surface area (TPSA) is 48.2 Å². The third-order valence-electron chi connectivity index (χ3n) is 3.81. The second kappa shape index (κ2) is 5.66. The Hall–Kier alpha value is -2.20. The normalized spacial score (nSPS) is 22.4. The largest absolute Gasteiger partial charge is 0.396 e. The Morgan fingerprint density at radius 3 is 2.76 bits per heavy atom.